The van der Waals surface area contributed by atoms with Gasteiger partial charge in [-0.2, -0.15) is 5.26 Å². The number of hydrogen-bond donors (Lipinski definition) is 0. The highest BCUT2D eigenvalue weighted by Gasteiger charge is 2.09. The SMILES string of the molecule is N#Cc1cc(-c2ccccc2F)ccc1OCc1ccccc1. The van der Waals surface area contributed by atoms with Crippen LogP contribution in [-0.4, -0.2) is 0 Å². The maximum Gasteiger partial charge on any atom is 0.137 e. The number of rotatable bonds is 4. The first-order valence-electron chi connectivity index (χ1n) is 7.24. The molecule has 23 heavy (non-hydrogen) atoms. The Hall–Kier alpha value is -3.12. The molecule has 0 heterocycles. The summed E-state index contributed by atoms with van der Waals surface area (Å²) in [6.07, 6.45) is 0. The van der Waals surface area contributed by atoms with Gasteiger partial charge >= 0.3 is 0 Å². The summed E-state index contributed by atoms with van der Waals surface area (Å²) in [4.78, 5) is 0. The summed E-state index contributed by atoms with van der Waals surface area (Å²) in [5.41, 5.74) is 2.54. The van der Waals surface area contributed by atoms with Gasteiger partial charge in [-0.15, -0.1) is 0 Å². The van der Waals surface area contributed by atoms with Gasteiger partial charge in [-0.25, -0.2) is 4.39 Å². The second kappa shape index (κ2) is 6.76. The van der Waals surface area contributed by atoms with Crippen molar-refractivity contribution in [1.29, 1.82) is 5.26 Å². The molecular weight excluding hydrogens is 289 g/mol. The molecule has 0 saturated heterocycles. The average molecular weight is 303 g/mol. The predicted octanol–water partition coefficient (Wildman–Crippen LogP) is 4.94. The molecule has 0 fully saturated rings. The van der Waals surface area contributed by atoms with Crippen LogP contribution in [0.5, 0.6) is 5.75 Å². The molecule has 0 unspecified atom stereocenters. The van der Waals surface area contributed by atoms with Crippen molar-refractivity contribution < 1.29 is 9.13 Å². The fourth-order valence-corrected chi connectivity index (χ4v) is 2.34. The molecule has 0 aliphatic heterocycles. The third-order valence-corrected chi connectivity index (χ3v) is 3.52. The maximum absolute atomic E-state index is 13.9. The van der Waals surface area contributed by atoms with E-state index in [0.717, 1.165) is 5.56 Å². The summed E-state index contributed by atoms with van der Waals surface area (Å²) in [7, 11) is 0. The van der Waals surface area contributed by atoms with Crippen LogP contribution in [0.3, 0.4) is 0 Å². The summed E-state index contributed by atoms with van der Waals surface area (Å²) in [6.45, 7) is 0.383. The lowest BCUT2D eigenvalue weighted by Gasteiger charge is -2.10. The molecule has 3 aromatic carbocycles. The average Bonchev–Trinajstić information content (AvgIpc) is 2.61. The van der Waals surface area contributed by atoms with Gasteiger partial charge in [0.2, 0.25) is 0 Å². The number of ether oxygens (including phenoxy) is 1. The molecule has 3 heteroatoms. The van der Waals surface area contributed by atoms with Crippen molar-refractivity contribution in [2.75, 3.05) is 0 Å². The van der Waals surface area contributed by atoms with Crippen molar-refractivity contribution in [3.8, 4) is 22.9 Å². The Morgan fingerprint density at radius 3 is 2.39 bits per heavy atom. The lowest BCUT2D eigenvalue weighted by molar-refractivity contribution is 0.305. The molecule has 0 amide bonds. The summed E-state index contributed by atoms with van der Waals surface area (Å²) < 4.78 is 19.6. The van der Waals surface area contributed by atoms with E-state index in [-0.39, 0.29) is 5.82 Å². The quantitative estimate of drug-likeness (QED) is 0.683. The van der Waals surface area contributed by atoms with Gasteiger partial charge in [0.05, 0.1) is 5.56 Å². The molecule has 3 rings (SSSR count). The fraction of sp³-hybridized carbons (Fsp3) is 0.0500. The summed E-state index contributed by atoms with van der Waals surface area (Å²) in [5.74, 6) is 0.186. The van der Waals surface area contributed by atoms with Gasteiger partial charge in [-0.3, -0.25) is 0 Å². The van der Waals surface area contributed by atoms with Crippen LogP contribution in [-0.2, 0) is 6.61 Å². The van der Waals surface area contributed by atoms with Gasteiger partial charge in [0.25, 0.3) is 0 Å². The Morgan fingerprint density at radius 2 is 1.65 bits per heavy atom. The zero-order chi connectivity index (χ0) is 16.1. The Balaban J connectivity index is 1.86. The molecule has 0 aliphatic rings. The smallest absolute Gasteiger partial charge is 0.137 e. The van der Waals surface area contributed by atoms with Gasteiger partial charge in [-0.1, -0.05) is 54.6 Å². The van der Waals surface area contributed by atoms with Crippen molar-refractivity contribution in [1.82, 2.24) is 0 Å². The fourth-order valence-electron chi connectivity index (χ4n) is 2.34. The number of benzene rings is 3. The van der Waals surface area contributed by atoms with Crippen LogP contribution in [0.4, 0.5) is 4.39 Å². The van der Waals surface area contributed by atoms with Crippen LogP contribution in [0, 0.1) is 17.1 Å². The first-order chi connectivity index (χ1) is 11.3. The summed E-state index contributed by atoms with van der Waals surface area (Å²) in [5, 5.41) is 9.33. The zero-order valence-electron chi connectivity index (χ0n) is 12.4. The molecule has 0 bridgehead atoms. The van der Waals surface area contributed by atoms with Crippen molar-refractivity contribution in [2.24, 2.45) is 0 Å². The van der Waals surface area contributed by atoms with Crippen molar-refractivity contribution in [2.45, 2.75) is 6.61 Å². The molecule has 0 aliphatic carbocycles. The Morgan fingerprint density at radius 1 is 0.913 bits per heavy atom. The van der Waals surface area contributed by atoms with E-state index < -0.39 is 0 Å². The van der Waals surface area contributed by atoms with Crippen molar-refractivity contribution in [3.63, 3.8) is 0 Å². The van der Waals surface area contributed by atoms with E-state index in [9.17, 15) is 9.65 Å². The van der Waals surface area contributed by atoms with E-state index in [1.165, 1.54) is 6.07 Å². The van der Waals surface area contributed by atoms with E-state index in [0.29, 0.717) is 29.0 Å². The second-order valence-corrected chi connectivity index (χ2v) is 5.08. The third kappa shape index (κ3) is 3.38. The third-order valence-electron chi connectivity index (χ3n) is 3.52. The van der Waals surface area contributed by atoms with E-state index in [1.807, 2.05) is 30.3 Å². The van der Waals surface area contributed by atoms with Crippen LogP contribution in [0.1, 0.15) is 11.1 Å². The minimum atomic E-state index is -0.311. The largest absolute Gasteiger partial charge is 0.488 e. The highest BCUT2D eigenvalue weighted by Crippen LogP contribution is 2.28. The second-order valence-electron chi connectivity index (χ2n) is 5.08. The van der Waals surface area contributed by atoms with Gasteiger partial charge in [0.15, 0.2) is 0 Å². The lowest BCUT2D eigenvalue weighted by atomic mass is 10.0. The molecule has 0 saturated carbocycles. The maximum atomic E-state index is 13.9. The first kappa shape index (κ1) is 14.8. The Bertz CT molecular complexity index is 853. The van der Waals surface area contributed by atoms with Crippen LogP contribution in [0.2, 0.25) is 0 Å². The highest BCUT2D eigenvalue weighted by molar-refractivity contribution is 5.67. The van der Waals surface area contributed by atoms with Crippen LogP contribution in [0.25, 0.3) is 11.1 Å². The molecule has 0 radical (unpaired) electrons. The van der Waals surface area contributed by atoms with Gasteiger partial charge < -0.3 is 4.74 Å². The predicted molar refractivity (Wildman–Crippen MR) is 87.3 cm³/mol. The normalized spacial score (nSPS) is 10.1. The Kier molecular flexibility index (Phi) is 4.35. The summed E-state index contributed by atoms with van der Waals surface area (Å²) in [6, 6.07) is 23.5. The topological polar surface area (TPSA) is 33.0 Å². The number of hydrogen-bond acceptors (Lipinski definition) is 2. The van der Waals surface area contributed by atoms with Gasteiger partial charge in [0.1, 0.15) is 24.2 Å². The summed E-state index contributed by atoms with van der Waals surface area (Å²) >= 11 is 0. The molecule has 2 nitrogen and oxygen atoms in total. The minimum absolute atomic E-state index is 0.311. The van der Waals surface area contributed by atoms with E-state index >= 15 is 0 Å². The number of nitrogens with zero attached hydrogens (tertiary/aromatic N) is 1. The molecule has 0 atom stereocenters. The standard InChI is InChI=1S/C20H14FNO/c21-19-9-5-4-8-18(19)16-10-11-20(17(12-16)13-22)23-14-15-6-2-1-3-7-15/h1-12H,14H2. The molecule has 0 spiro atoms. The zero-order valence-corrected chi connectivity index (χ0v) is 12.4. The van der Waals surface area contributed by atoms with Crippen molar-refractivity contribution in [3.05, 3.63) is 89.7 Å². The Labute approximate surface area is 134 Å². The monoisotopic (exact) mass is 303 g/mol. The molecule has 0 N–H and O–H groups in total. The van der Waals surface area contributed by atoms with Gasteiger partial charge in [0, 0.05) is 5.56 Å². The van der Waals surface area contributed by atoms with Crippen molar-refractivity contribution >= 4 is 0 Å². The van der Waals surface area contributed by atoms with Crippen LogP contribution in [0.15, 0.2) is 72.8 Å². The molecular formula is C20H14FNO. The van der Waals surface area contributed by atoms with E-state index in [2.05, 4.69) is 6.07 Å². The molecule has 3 aromatic rings. The molecule has 0 aromatic heterocycles. The molecule has 112 valence electrons. The number of nitriles is 1. The highest BCUT2D eigenvalue weighted by atomic mass is 19.1. The van der Waals surface area contributed by atoms with Crippen LogP contribution >= 0.6 is 0 Å². The van der Waals surface area contributed by atoms with Gasteiger partial charge in [-0.05, 0) is 29.3 Å². The van der Waals surface area contributed by atoms with E-state index in [4.69, 9.17) is 4.74 Å². The lowest BCUT2D eigenvalue weighted by Crippen LogP contribution is -1.97. The minimum Gasteiger partial charge on any atom is -0.488 e. The van der Waals surface area contributed by atoms with E-state index in [1.54, 1.807) is 36.4 Å². The first-order valence-corrected chi connectivity index (χ1v) is 7.24. The van der Waals surface area contributed by atoms with Crippen LogP contribution < -0.4 is 4.74 Å². The number of halogens is 1.